The number of aliphatic hydroxyl groups excluding tert-OH is 1. The molecule has 148 valence electrons. The molecule has 0 saturated heterocycles. The topological polar surface area (TPSA) is 86.8 Å². The zero-order valence-electron chi connectivity index (χ0n) is 16.3. The van der Waals surface area contributed by atoms with E-state index in [2.05, 4.69) is 29.2 Å². The minimum atomic E-state index is -0.110. The van der Waals surface area contributed by atoms with Crippen LogP contribution in [0.3, 0.4) is 0 Å². The molecule has 2 aromatic rings. The molecule has 1 aliphatic rings. The van der Waals surface area contributed by atoms with Crippen LogP contribution in [-0.2, 0) is 26.6 Å². The highest BCUT2D eigenvalue weighted by atomic mass is 16.3. The number of hydrogen-bond acceptors (Lipinski definition) is 5. The van der Waals surface area contributed by atoms with Crippen LogP contribution in [0.2, 0.25) is 0 Å². The molecule has 1 aliphatic heterocycles. The summed E-state index contributed by atoms with van der Waals surface area (Å²) < 4.78 is 7.40. The number of nitrogens with one attached hydrogen (secondary N) is 1. The number of urea groups is 1. The smallest absolute Gasteiger partial charge is 0.317 e. The molecule has 2 aromatic heterocycles. The van der Waals surface area contributed by atoms with Crippen molar-refractivity contribution < 1.29 is 14.3 Å². The first-order chi connectivity index (χ1) is 13.1. The highest BCUT2D eigenvalue weighted by Gasteiger charge is 2.27. The summed E-state index contributed by atoms with van der Waals surface area (Å²) >= 11 is 0. The van der Waals surface area contributed by atoms with Crippen molar-refractivity contribution >= 4 is 6.03 Å². The molecule has 1 atom stereocenters. The molecule has 27 heavy (non-hydrogen) atoms. The van der Waals surface area contributed by atoms with Crippen LogP contribution in [0.5, 0.6) is 0 Å². The molecule has 0 fully saturated rings. The van der Waals surface area contributed by atoms with E-state index in [1.807, 2.05) is 23.9 Å². The predicted molar refractivity (Wildman–Crippen MR) is 101 cm³/mol. The predicted octanol–water partition coefficient (Wildman–Crippen LogP) is 1.66. The number of hydrogen-bond donors (Lipinski definition) is 2. The van der Waals surface area contributed by atoms with Gasteiger partial charge in [-0.25, -0.2) is 4.79 Å². The molecule has 0 aromatic carbocycles. The SMILES string of the molecule is CCN(CC)[C@H](CNC(=O)N1CCc2c(c(CO)nn2C)C1)c1ccco1. The Balaban J connectivity index is 1.66. The van der Waals surface area contributed by atoms with Crippen molar-refractivity contribution in [1.82, 2.24) is 24.9 Å². The molecule has 2 N–H and O–H groups in total. The zero-order chi connectivity index (χ0) is 19.4. The Morgan fingerprint density at radius 2 is 2.22 bits per heavy atom. The second-order valence-corrected chi connectivity index (χ2v) is 6.76. The summed E-state index contributed by atoms with van der Waals surface area (Å²) in [7, 11) is 1.88. The van der Waals surface area contributed by atoms with Crippen LogP contribution in [-0.4, -0.2) is 56.9 Å². The average Bonchev–Trinajstić information content (AvgIpc) is 3.32. The maximum Gasteiger partial charge on any atom is 0.317 e. The third-order valence-corrected chi connectivity index (χ3v) is 5.33. The fourth-order valence-corrected chi connectivity index (χ4v) is 3.82. The molecule has 0 radical (unpaired) electrons. The fraction of sp³-hybridized carbons (Fsp3) is 0.579. The van der Waals surface area contributed by atoms with Crippen LogP contribution < -0.4 is 5.32 Å². The highest BCUT2D eigenvalue weighted by molar-refractivity contribution is 5.74. The van der Waals surface area contributed by atoms with Gasteiger partial charge >= 0.3 is 6.03 Å². The summed E-state index contributed by atoms with van der Waals surface area (Å²) in [5.74, 6) is 0.856. The summed E-state index contributed by atoms with van der Waals surface area (Å²) in [6.07, 6.45) is 2.41. The van der Waals surface area contributed by atoms with Gasteiger partial charge in [0.15, 0.2) is 0 Å². The van der Waals surface area contributed by atoms with Gasteiger partial charge in [0.25, 0.3) is 0 Å². The second kappa shape index (κ2) is 8.58. The van der Waals surface area contributed by atoms with E-state index in [-0.39, 0.29) is 18.7 Å². The molecule has 0 spiro atoms. The lowest BCUT2D eigenvalue weighted by Crippen LogP contribution is -2.46. The van der Waals surface area contributed by atoms with Crippen LogP contribution in [0.15, 0.2) is 22.8 Å². The molecule has 0 saturated carbocycles. The minimum Gasteiger partial charge on any atom is -0.468 e. The first-order valence-corrected chi connectivity index (χ1v) is 9.53. The molecule has 0 bridgehead atoms. The number of aromatic nitrogens is 2. The Kier molecular flexibility index (Phi) is 6.18. The first-order valence-electron chi connectivity index (χ1n) is 9.53. The lowest BCUT2D eigenvalue weighted by atomic mass is 10.1. The Hall–Kier alpha value is -2.32. The van der Waals surface area contributed by atoms with Crippen LogP contribution in [0.25, 0.3) is 0 Å². The Morgan fingerprint density at radius 1 is 1.44 bits per heavy atom. The van der Waals surface area contributed by atoms with Crippen molar-refractivity contribution in [2.24, 2.45) is 7.05 Å². The van der Waals surface area contributed by atoms with Gasteiger partial charge in [-0.3, -0.25) is 9.58 Å². The monoisotopic (exact) mass is 375 g/mol. The van der Waals surface area contributed by atoms with Crippen molar-refractivity contribution in [3.05, 3.63) is 41.1 Å². The number of aryl methyl sites for hydroxylation is 1. The van der Waals surface area contributed by atoms with Gasteiger partial charge < -0.3 is 19.7 Å². The number of nitrogens with zero attached hydrogens (tertiary/aromatic N) is 4. The lowest BCUT2D eigenvalue weighted by molar-refractivity contribution is 0.169. The Bertz CT molecular complexity index is 752. The Morgan fingerprint density at radius 3 is 2.85 bits per heavy atom. The van der Waals surface area contributed by atoms with Gasteiger partial charge in [0, 0.05) is 37.8 Å². The average molecular weight is 375 g/mol. The first kappa shape index (κ1) is 19.4. The molecular formula is C19H29N5O3. The summed E-state index contributed by atoms with van der Waals surface area (Å²) in [6.45, 7) is 7.44. The van der Waals surface area contributed by atoms with Gasteiger partial charge in [-0.2, -0.15) is 5.10 Å². The number of aliphatic hydroxyl groups is 1. The number of furan rings is 1. The fourth-order valence-electron chi connectivity index (χ4n) is 3.82. The number of amides is 2. The number of likely N-dealkylation sites (N-methyl/N-ethyl adjacent to an activating group) is 1. The summed E-state index contributed by atoms with van der Waals surface area (Å²) in [4.78, 5) is 16.8. The molecule has 0 unspecified atom stereocenters. The van der Waals surface area contributed by atoms with E-state index in [0.717, 1.165) is 36.5 Å². The summed E-state index contributed by atoms with van der Waals surface area (Å²) in [5, 5.41) is 16.9. The maximum absolute atomic E-state index is 12.8. The molecule has 2 amide bonds. The largest absolute Gasteiger partial charge is 0.468 e. The highest BCUT2D eigenvalue weighted by Crippen LogP contribution is 2.23. The third-order valence-electron chi connectivity index (χ3n) is 5.33. The van der Waals surface area contributed by atoms with E-state index in [1.54, 1.807) is 11.2 Å². The van der Waals surface area contributed by atoms with E-state index < -0.39 is 0 Å². The maximum atomic E-state index is 12.8. The summed E-state index contributed by atoms with van der Waals surface area (Å²) in [5.41, 5.74) is 2.72. The molecule has 3 heterocycles. The minimum absolute atomic E-state index is 0.00527. The van der Waals surface area contributed by atoms with Gasteiger partial charge in [0.2, 0.25) is 0 Å². The van der Waals surface area contributed by atoms with Crippen molar-refractivity contribution in [2.75, 3.05) is 26.2 Å². The van der Waals surface area contributed by atoms with Crippen molar-refractivity contribution in [3.63, 3.8) is 0 Å². The number of carbonyl (C=O) groups is 1. The third kappa shape index (κ3) is 4.01. The second-order valence-electron chi connectivity index (χ2n) is 6.76. The van der Waals surface area contributed by atoms with E-state index >= 15 is 0 Å². The molecule has 0 aliphatic carbocycles. The van der Waals surface area contributed by atoms with Gasteiger partial charge in [0.1, 0.15) is 5.76 Å². The van der Waals surface area contributed by atoms with Gasteiger partial charge in [-0.05, 0) is 25.2 Å². The quantitative estimate of drug-likeness (QED) is 0.769. The van der Waals surface area contributed by atoms with Crippen LogP contribution >= 0.6 is 0 Å². The van der Waals surface area contributed by atoms with Crippen molar-refractivity contribution in [1.29, 1.82) is 0 Å². The number of fused-ring (bicyclic) bond motifs is 1. The van der Waals surface area contributed by atoms with Crippen LogP contribution in [0.1, 0.15) is 42.6 Å². The van der Waals surface area contributed by atoms with E-state index in [0.29, 0.717) is 25.3 Å². The normalized spacial score (nSPS) is 15.1. The standard InChI is InChI=1S/C19H29N5O3/c1-4-23(5-2)17(18-7-6-10-27-18)11-20-19(26)24-9-8-16-14(12-24)15(13-25)21-22(16)3/h6-7,10,17,25H,4-5,8-9,11-13H2,1-3H3,(H,20,26)/t17-/m1/s1. The van der Waals surface area contributed by atoms with Gasteiger partial charge in [-0.1, -0.05) is 13.8 Å². The molecule has 3 rings (SSSR count). The van der Waals surface area contributed by atoms with Crippen LogP contribution in [0.4, 0.5) is 4.79 Å². The van der Waals surface area contributed by atoms with Crippen molar-refractivity contribution in [2.45, 2.75) is 39.5 Å². The number of rotatable bonds is 7. The summed E-state index contributed by atoms with van der Waals surface area (Å²) in [6, 6.07) is 3.73. The van der Waals surface area contributed by atoms with E-state index in [9.17, 15) is 9.90 Å². The van der Waals surface area contributed by atoms with Gasteiger partial charge in [0.05, 0.1) is 31.2 Å². The Labute approximate surface area is 159 Å². The van der Waals surface area contributed by atoms with E-state index in [4.69, 9.17) is 4.42 Å². The van der Waals surface area contributed by atoms with E-state index in [1.165, 1.54) is 0 Å². The lowest BCUT2D eigenvalue weighted by Gasteiger charge is -2.31. The molecule has 8 heteroatoms. The zero-order valence-corrected chi connectivity index (χ0v) is 16.3. The molecular weight excluding hydrogens is 346 g/mol. The van der Waals surface area contributed by atoms with Crippen molar-refractivity contribution in [3.8, 4) is 0 Å². The number of carbonyl (C=O) groups excluding carboxylic acids is 1. The van der Waals surface area contributed by atoms with Crippen LogP contribution in [0, 0.1) is 0 Å². The van der Waals surface area contributed by atoms with Gasteiger partial charge in [-0.15, -0.1) is 0 Å². The molecule has 8 nitrogen and oxygen atoms in total.